The molecular formula is C15H14Cl2N2O2. The molecule has 0 amide bonds. The van der Waals surface area contributed by atoms with Crippen molar-refractivity contribution in [2.24, 2.45) is 0 Å². The van der Waals surface area contributed by atoms with Gasteiger partial charge in [-0.3, -0.25) is 10.1 Å². The smallest absolute Gasteiger partial charge is 0.272 e. The fourth-order valence-corrected chi connectivity index (χ4v) is 2.46. The number of nitrogens with zero attached hydrogens (tertiary/aromatic N) is 1. The highest BCUT2D eigenvalue weighted by molar-refractivity contribution is 6.42. The highest BCUT2D eigenvalue weighted by atomic mass is 35.5. The maximum absolute atomic E-state index is 10.9. The summed E-state index contributed by atoms with van der Waals surface area (Å²) in [5.41, 5.74) is 2.59. The molecule has 0 aliphatic carbocycles. The molecule has 6 heteroatoms. The lowest BCUT2D eigenvalue weighted by atomic mass is 10.1. The zero-order chi connectivity index (χ0) is 15.4. The Morgan fingerprint density at radius 1 is 1.10 bits per heavy atom. The monoisotopic (exact) mass is 324 g/mol. The lowest BCUT2D eigenvalue weighted by Gasteiger charge is -2.10. The van der Waals surface area contributed by atoms with Crippen molar-refractivity contribution in [1.82, 2.24) is 5.32 Å². The van der Waals surface area contributed by atoms with E-state index in [4.69, 9.17) is 23.2 Å². The molecule has 0 aliphatic rings. The van der Waals surface area contributed by atoms with E-state index in [9.17, 15) is 10.1 Å². The van der Waals surface area contributed by atoms with Crippen LogP contribution in [0.4, 0.5) is 5.69 Å². The van der Waals surface area contributed by atoms with E-state index in [1.54, 1.807) is 19.1 Å². The number of halogens is 2. The number of hydrogen-bond acceptors (Lipinski definition) is 3. The summed E-state index contributed by atoms with van der Waals surface area (Å²) in [4.78, 5) is 10.5. The van der Waals surface area contributed by atoms with Crippen molar-refractivity contribution >= 4 is 28.9 Å². The van der Waals surface area contributed by atoms with Crippen molar-refractivity contribution in [3.8, 4) is 0 Å². The molecule has 0 unspecified atom stereocenters. The summed E-state index contributed by atoms with van der Waals surface area (Å²) >= 11 is 12.1. The Morgan fingerprint density at radius 3 is 2.43 bits per heavy atom. The second-order valence-corrected chi connectivity index (χ2v) is 5.42. The summed E-state index contributed by atoms with van der Waals surface area (Å²) in [7, 11) is 0. The molecule has 4 nitrogen and oxygen atoms in total. The van der Waals surface area contributed by atoms with Gasteiger partial charge in [-0.05, 0) is 24.1 Å². The summed E-state index contributed by atoms with van der Waals surface area (Å²) in [6.07, 6.45) is 0. The molecule has 1 N–H and O–H groups in total. The van der Waals surface area contributed by atoms with Crippen LogP contribution in [0.2, 0.25) is 10.0 Å². The third kappa shape index (κ3) is 3.73. The average Bonchev–Trinajstić information content (AvgIpc) is 2.45. The molecule has 0 spiro atoms. The highest BCUT2D eigenvalue weighted by Gasteiger charge is 2.12. The molecule has 21 heavy (non-hydrogen) atoms. The largest absolute Gasteiger partial charge is 0.309 e. The minimum absolute atomic E-state index is 0.134. The predicted octanol–water partition coefficient (Wildman–Crippen LogP) is 4.50. The quantitative estimate of drug-likeness (QED) is 0.650. The van der Waals surface area contributed by atoms with Gasteiger partial charge in [0, 0.05) is 24.7 Å². The number of nitro groups is 1. The van der Waals surface area contributed by atoms with E-state index in [1.165, 1.54) is 6.07 Å². The Bertz CT molecular complexity index is 675. The van der Waals surface area contributed by atoms with Crippen LogP contribution in [-0.2, 0) is 13.1 Å². The molecule has 0 heterocycles. The molecule has 0 aliphatic heterocycles. The Labute approximate surface area is 132 Å². The molecule has 0 saturated heterocycles. The van der Waals surface area contributed by atoms with Gasteiger partial charge in [-0.1, -0.05) is 47.5 Å². The van der Waals surface area contributed by atoms with Crippen LogP contribution in [0, 0.1) is 17.0 Å². The lowest BCUT2D eigenvalue weighted by Crippen LogP contribution is -2.14. The Morgan fingerprint density at radius 2 is 1.71 bits per heavy atom. The van der Waals surface area contributed by atoms with Gasteiger partial charge in [0.25, 0.3) is 5.69 Å². The molecular weight excluding hydrogens is 311 g/mol. The van der Waals surface area contributed by atoms with E-state index >= 15 is 0 Å². The maximum Gasteiger partial charge on any atom is 0.272 e. The molecule has 0 aromatic heterocycles. The van der Waals surface area contributed by atoms with Crippen molar-refractivity contribution in [1.29, 1.82) is 0 Å². The van der Waals surface area contributed by atoms with Crippen molar-refractivity contribution < 1.29 is 4.92 Å². The molecule has 2 aromatic carbocycles. The van der Waals surface area contributed by atoms with Crippen molar-refractivity contribution in [3.05, 3.63) is 73.2 Å². The molecule has 0 bridgehead atoms. The number of nitro benzene ring substituents is 1. The van der Waals surface area contributed by atoms with E-state index in [1.807, 2.05) is 18.2 Å². The zero-order valence-electron chi connectivity index (χ0n) is 11.4. The van der Waals surface area contributed by atoms with Gasteiger partial charge in [0.1, 0.15) is 0 Å². The molecule has 0 saturated carbocycles. The Hall–Kier alpha value is -1.62. The maximum atomic E-state index is 10.9. The van der Waals surface area contributed by atoms with Crippen LogP contribution in [0.5, 0.6) is 0 Å². The van der Waals surface area contributed by atoms with Crippen LogP contribution in [0.25, 0.3) is 0 Å². The summed E-state index contributed by atoms with van der Waals surface area (Å²) < 4.78 is 0. The number of benzene rings is 2. The summed E-state index contributed by atoms with van der Waals surface area (Å²) in [5, 5.41) is 15.2. The Kier molecular flexibility index (Phi) is 5.17. The van der Waals surface area contributed by atoms with Gasteiger partial charge in [-0.15, -0.1) is 0 Å². The average molecular weight is 325 g/mol. The van der Waals surface area contributed by atoms with E-state index in [-0.39, 0.29) is 10.6 Å². The fourth-order valence-electron chi connectivity index (χ4n) is 2.08. The first-order valence-corrected chi connectivity index (χ1v) is 7.12. The molecule has 0 radical (unpaired) electrons. The summed E-state index contributed by atoms with van der Waals surface area (Å²) in [5.74, 6) is 0. The van der Waals surface area contributed by atoms with Gasteiger partial charge in [0.2, 0.25) is 0 Å². The van der Waals surface area contributed by atoms with Gasteiger partial charge in [0.05, 0.1) is 15.0 Å². The van der Waals surface area contributed by atoms with Crippen molar-refractivity contribution in [2.75, 3.05) is 0 Å². The number of rotatable bonds is 5. The third-order valence-electron chi connectivity index (χ3n) is 3.28. The van der Waals surface area contributed by atoms with E-state index < -0.39 is 0 Å². The van der Waals surface area contributed by atoms with Crippen LogP contribution in [-0.4, -0.2) is 4.92 Å². The molecule has 2 aromatic rings. The van der Waals surface area contributed by atoms with Crippen molar-refractivity contribution in [2.45, 2.75) is 20.0 Å². The van der Waals surface area contributed by atoms with Gasteiger partial charge in [0.15, 0.2) is 0 Å². The normalized spacial score (nSPS) is 10.6. The molecule has 0 atom stereocenters. The highest BCUT2D eigenvalue weighted by Crippen LogP contribution is 2.25. The lowest BCUT2D eigenvalue weighted by molar-refractivity contribution is -0.385. The fraction of sp³-hybridized carbons (Fsp3) is 0.200. The molecule has 0 fully saturated rings. The molecule has 110 valence electrons. The van der Waals surface area contributed by atoms with Crippen LogP contribution in [0.15, 0.2) is 36.4 Å². The van der Waals surface area contributed by atoms with Crippen LogP contribution in [0.3, 0.4) is 0 Å². The van der Waals surface area contributed by atoms with E-state index in [2.05, 4.69) is 5.32 Å². The van der Waals surface area contributed by atoms with E-state index in [0.29, 0.717) is 28.7 Å². The van der Waals surface area contributed by atoms with Crippen molar-refractivity contribution in [3.63, 3.8) is 0 Å². The SMILES string of the molecule is Cc1c(CNCc2cccc(Cl)c2Cl)cccc1[N+](=O)[O-]. The predicted molar refractivity (Wildman–Crippen MR) is 84.8 cm³/mol. The van der Waals surface area contributed by atoms with Crippen LogP contribution < -0.4 is 5.32 Å². The first-order chi connectivity index (χ1) is 10.0. The first-order valence-electron chi connectivity index (χ1n) is 6.37. The van der Waals surface area contributed by atoms with Crippen LogP contribution >= 0.6 is 23.2 Å². The van der Waals surface area contributed by atoms with Crippen LogP contribution in [0.1, 0.15) is 16.7 Å². The van der Waals surface area contributed by atoms with Gasteiger partial charge >= 0.3 is 0 Å². The second kappa shape index (κ2) is 6.89. The summed E-state index contributed by atoms with van der Waals surface area (Å²) in [6.45, 7) is 2.82. The van der Waals surface area contributed by atoms with Gasteiger partial charge in [-0.25, -0.2) is 0 Å². The van der Waals surface area contributed by atoms with E-state index in [0.717, 1.165) is 11.1 Å². The third-order valence-corrected chi connectivity index (χ3v) is 4.13. The standard InChI is InChI=1S/C15H14Cl2N2O2/c1-10-11(4-3-7-14(10)19(20)21)8-18-9-12-5-2-6-13(16)15(12)17/h2-7,18H,8-9H2,1H3. The minimum atomic E-state index is -0.368. The zero-order valence-corrected chi connectivity index (χ0v) is 12.9. The summed E-state index contributed by atoms with van der Waals surface area (Å²) in [6, 6.07) is 10.5. The van der Waals surface area contributed by atoms with Gasteiger partial charge in [-0.2, -0.15) is 0 Å². The number of hydrogen-bond donors (Lipinski definition) is 1. The molecule has 2 rings (SSSR count). The minimum Gasteiger partial charge on any atom is -0.309 e. The first kappa shape index (κ1) is 15.8. The Balaban J connectivity index is 2.06. The topological polar surface area (TPSA) is 55.2 Å². The van der Waals surface area contributed by atoms with Gasteiger partial charge < -0.3 is 5.32 Å². The number of nitrogens with one attached hydrogen (secondary N) is 1. The second-order valence-electron chi connectivity index (χ2n) is 4.63.